The number of benzene rings is 1. The van der Waals surface area contributed by atoms with Gasteiger partial charge in [0.1, 0.15) is 5.69 Å². The van der Waals surface area contributed by atoms with E-state index in [1.807, 2.05) is 0 Å². The lowest BCUT2D eigenvalue weighted by molar-refractivity contribution is -0.129. The predicted molar refractivity (Wildman–Crippen MR) is 93.3 cm³/mol. The van der Waals surface area contributed by atoms with E-state index in [1.165, 1.54) is 6.92 Å². The van der Waals surface area contributed by atoms with Crippen molar-refractivity contribution in [3.8, 4) is 0 Å². The summed E-state index contributed by atoms with van der Waals surface area (Å²) in [5.41, 5.74) is 1.11. The average Bonchev–Trinajstić information content (AvgIpc) is 2.93. The molecule has 24 heavy (non-hydrogen) atoms. The number of esters is 1. The van der Waals surface area contributed by atoms with E-state index in [-0.39, 0.29) is 6.04 Å². The molecule has 0 bridgehead atoms. The summed E-state index contributed by atoms with van der Waals surface area (Å²) < 4.78 is 6.83. The number of aromatic nitrogens is 1. The highest BCUT2D eigenvalue weighted by atomic mass is 35.5. The first kappa shape index (κ1) is 18.4. The summed E-state index contributed by atoms with van der Waals surface area (Å²) >= 11 is 12.0. The molecule has 0 saturated heterocycles. The van der Waals surface area contributed by atoms with Gasteiger partial charge >= 0.3 is 5.97 Å². The first-order chi connectivity index (χ1) is 11.3. The Bertz CT molecular complexity index is 758. The molecular weight excluding hydrogens is 351 g/mol. The van der Waals surface area contributed by atoms with Gasteiger partial charge in [-0.25, -0.2) is 4.79 Å². The Kier molecular flexibility index (Phi) is 5.91. The van der Waals surface area contributed by atoms with Gasteiger partial charge < -0.3 is 14.6 Å². The van der Waals surface area contributed by atoms with Crippen LogP contribution in [0.1, 0.15) is 35.9 Å². The highest BCUT2D eigenvalue weighted by molar-refractivity contribution is 6.35. The molecule has 0 saturated carbocycles. The van der Waals surface area contributed by atoms with Gasteiger partial charge in [0.25, 0.3) is 5.91 Å². The Hall–Kier alpha value is -1.98. The van der Waals surface area contributed by atoms with Gasteiger partial charge in [-0.1, -0.05) is 29.3 Å². The van der Waals surface area contributed by atoms with Crippen LogP contribution >= 0.6 is 23.2 Å². The standard InChI is InChI=1S/C17H18Cl2N2O3/c1-10(13-7-6-12(18)9-14(13)19)20-16(22)11(2)24-17(23)15-5-4-8-21(15)3/h4-11H,1-3H3,(H,20,22)/t10-,11-/m0/s1. The van der Waals surface area contributed by atoms with E-state index in [9.17, 15) is 9.59 Å². The van der Waals surface area contributed by atoms with Gasteiger partial charge in [0.2, 0.25) is 0 Å². The number of hydrogen-bond donors (Lipinski definition) is 1. The van der Waals surface area contributed by atoms with Crippen molar-refractivity contribution >= 4 is 35.1 Å². The number of ether oxygens (including phenoxy) is 1. The van der Waals surface area contributed by atoms with Gasteiger partial charge in [-0.2, -0.15) is 0 Å². The smallest absolute Gasteiger partial charge is 0.355 e. The van der Waals surface area contributed by atoms with Crippen molar-refractivity contribution in [2.24, 2.45) is 7.05 Å². The van der Waals surface area contributed by atoms with Crippen molar-refractivity contribution in [3.05, 3.63) is 57.8 Å². The normalized spacial score (nSPS) is 13.2. The molecule has 2 atom stereocenters. The molecule has 1 amide bonds. The number of carbonyl (C=O) groups excluding carboxylic acids is 2. The van der Waals surface area contributed by atoms with Crippen LogP contribution in [0, 0.1) is 0 Å². The van der Waals surface area contributed by atoms with Crippen LogP contribution in [0.5, 0.6) is 0 Å². The molecule has 0 aliphatic carbocycles. The van der Waals surface area contributed by atoms with Crippen molar-refractivity contribution in [2.45, 2.75) is 26.0 Å². The highest BCUT2D eigenvalue weighted by Crippen LogP contribution is 2.26. The molecule has 0 radical (unpaired) electrons. The number of amides is 1. The Morgan fingerprint density at radius 1 is 1.21 bits per heavy atom. The number of halogens is 2. The van der Waals surface area contributed by atoms with E-state index in [1.54, 1.807) is 55.1 Å². The van der Waals surface area contributed by atoms with E-state index in [0.717, 1.165) is 5.56 Å². The van der Waals surface area contributed by atoms with Gasteiger partial charge in [0.15, 0.2) is 6.10 Å². The monoisotopic (exact) mass is 368 g/mol. The van der Waals surface area contributed by atoms with Crippen LogP contribution in [0.15, 0.2) is 36.5 Å². The maximum Gasteiger partial charge on any atom is 0.355 e. The summed E-state index contributed by atoms with van der Waals surface area (Å²) in [4.78, 5) is 24.3. The Balaban J connectivity index is 1.98. The number of nitrogens with zero attached hydrogens (tertiary/aromatic N) is 1. The summed E-state index contributed by atoms with van der Waals surface area (Å²) in [6.45, 7) is 3.31. The van der Waals surface area contributed by atoms with Crippen LogP contribution in [-0.4, -0.2) is 22.5 Å². The molecule has 0 aliphatic heterocycles. The second-order valence-corrected chi connectivity index (χ2v) is 6.29. The van der Waals surface area contributed by atoms with Gasteiger partial charge in [0, 0.05) is 23.3 Å². The zero-order valence-electron chi connectivity index (χ0n) is 13.5. The minimum atomic E-state index is -0.930. The lowest BCUT2D eigenvalue weighted by Gasteiger charge is -2.19. The first-order valence-corrected chi connectivity index (χ1v) is 8.13. The number of hydrogen-bond acceptors (Lipinski definition) is 3. The Labute approximate surface area is 150 Å². The summed E-state index contributed by atoms with van der Waals surface area (Å²) in [5, 5.41) is 3.75. The third-order valence-corrected chi connectivity index (χ3v) is 4.16. The Morgan fingerprint density at radius 3 is 2.50 bits per heavy atom. The summed E-state index contributed by atoms with van der Waals surface area (Å²) in [5.74, 6) is -0.960. The van der Waals surface area contributed by atoms with Gasteiger partial charge in [-0.15, -0.1) is 0 Å². The molecular formula is C17H18Cl2N2O3. The predicted octanol–water partition coefficient (Wildman–Crippen LogP) is 3.75. The molecule has 1 N–H and O–H groups in total. The molecule has 1 aromatic heterocycles. The van der Waals surface area contributed by atoms with Crippen LogP contribution < -0.4 is 5.32 Å². The van der Waals surface area contributed by atoms with E-state index < -0.39 is 18.0 Å². The fourth-order valence-electron chi connectivity index (χ4n) is 2.21. The van der Waals surface area contributed by atoms with Gasteiger partial charge in [-0.05, 0) is 43.7 Å². The summed E-state index contributed by atoms with van der Waals surface area (Å²) in [6, 6.07) is 8.06. The fourth-order valence-corrected chi connectivity index (χ4v) is 2.78. The van der Waals surface area contributed by atoms with E-state index in [0.29, 0.717) is 15.7 Å². The zero-order valence-corrected chi connectivity index (χ0v) is 15.1. The lowest BCUT2D eigenvalue weighted by atomic mass is 10.1. The molecule has 0 unspecified atom stereocenters. The maximum absolute atomic E-state index is 12.2. The largest absolute Gasteiger partial charge is 0.448 e. The van der Waals surface area contributed by atoms with Crippen molar-refractivity contribution < 1.29 is 14.3 Å². The average molecular weight is 369 g/mol. The Morgan fingerprint density at radius 2 is 1.92 bits per heavy atom. The van der Waals surface area contributed by atoms with Crippen LogP contribution in [-0.2, 0) is 16.6 Å². The molecule has 0 aliphatic rings. The molecule has 1 heterocycles. The van der Waals surface area contributed by atoms with Crippen molar-refractivity contribution in [2.75, 3.05) is 0 Å². The second-order valence-electron chi connectivity index (χ2n) is 5.45. The summed E-state index contributed by atoms with van der Waals surface area (Å²) in [7, 11) is 1.73. The van der Waals surface area contributed by atoms with E-state index in [4.69, 9.17) is 27.9 Å². The minimum Gasteiger partial charge on any atom is -0.448 e. The van der Waals surface area contributed by atoms with E-state index >= 15 is 0 Å². The van der Waals surface area contributed by atoms with Crippen molar-refractivity contribution in [3.63, 3.8) is 0 Å². The highest BCUT2D eigenvalue weighted by Gasteiger charge is 2.22. The molecule has 0 spiro atoms. The third-order valence-electron chi connectivity index (χ3n) is 3.59. The zero-order chi connectivity index (χ0) is 17.9. The summed E-state index contributed by atoms with van der Waals surface area (Å²) in [6.07, 6.45) is 0.798. The molecule has 7 heteroatoms. The number of rotatable bonds is 5. The number of carbonyl (C=O) groups is 2. The number of nitrogens with one attached hydrogen (secondary N) is 1. The van der Waals surface area contributed by atoms with Gasteiger partial charge in [0.05, 0.1) is 6.04 Å². The van der Waals surface area contributed by atoms with Crippen molar-refractivity contribution in [1.29, 1.82) is 0 Å². The molecule has 1 aromatic carbocycles. The minimum absolute atomic E-state index is 0.349. The SMILES string of the molecule is C[C@H](OC(=O)c1cccn1C)C(=O)N[C@@H](C)c1ccc(Cl)cc1Cl. The van der Waals surface area contributed by atoms with Gasteiger partial charge in [-0.3, -0.25) is 4.79 Å². The second kappa shape index (κ2) is 7.73. The maximum atomic E-state index is 12.2. The fraction of sp³-hybridized carbons (Fsp3) is 0.294. The molecule has 2 aromatic rings. The topological polar surface area (TPSA) is 60.3 Å². The van der Waals surface area contributed by atoms with E-state index in [2.05, 4.69) is 5.32 Å². The first-order valence-electron chi connectivity index (χ1n) is 7.37. The van der Waals surface area contributed by atoms with Crippen LogP contribution in [0.4, 0.5) is 0 Å². The van der Waals surface area contributed by atoms with Crippen molar-refractivity contribution in [1.82, 2.24) is 9.88 Å². The quantitative estimate of drug-likeness (QED) is 0.817. The number of aryl methyl sites for hydroxylation is 1. The van der Waals surface area contributed by atoms with Crippen LogP contribution in [0.25, 0.3) is 0 Å². The third kappa shape index (κ3) is 4.30. The molecule has 0 fully saturated rings. The lowest BCUT2D eigenvalue weighted by Crippen LogP contribution is -2.37. The molecule has 5 nitrogen and oxygen atoms in total. The molecule has 2 rings (SSSR count). The molecule has 128 valence electrons. The van der Waals surface area contributed by atoms with Crippen LogP contribution in [0.3, 0.4) is 0 Å². The van der Waals surface area contributed by atoms with Crippen LogP contribution in [0.2, 0.25) is 10.0 Å².